The molecule has 3 nitrogen and oxygen atoms in total. The Kier molecular flexibility index (Phi) is 9.37. The van der Waals surface area contributed by atoms with Crippen molar-refractivity contribution in [1.29, 1.82) is 5.41 Å². The minimum Gasteiger partial charge on any atom is -0.449 e. The molecule has 1 N–H and O–H groups in total. The van der Waals surface area contributed by atoms with E-state index in [-0.39, 0.29) is 5.41 Å². The number of rotatable bonds is 4. The van der Waals surface area contributed by atoms with Gasteiger partial charge < -0.3 is 14.9 Å². The summed E-state index contributed by atoms with van der Waals surface area (Å²) in [6.45, 7) is 9.17. The Bertz CT molecular complexity index is 2290. The van der Waals surface area contributed by atoms with Crippen molar-refractivity contribution in [3.8, 4) is 56.4 Å². The van der Waals surface area contributed by atoms with Crippen molar-refractivity contribution in [2.24, 2.45) is 0 Å². The van der Waals surface area contributed by atoms with Crippen LogP contribution in [0.5, 0.6) is 23.0 Å². The minimum atomic E-state index is -0.0777. The zero-order valence-electron chi connectivity index (χ0n) is 29.3. The van der Waals surface area contributed by atoms with Gasteiger partial charge in [-0.2, -0.15) is 0 Å². The van der Waals surface area contributed by atoms with Crippen LogP contribution in [0.4, 0.5) is 0 Å². The van der Waals surface area contributed by atoms with E-state index >= 15 is 0 Å². The molecule has 0 fully saturated rings. The quantitative estimate of drug-likeness (QED) is 0.190. The number of para-hydroxylation sites is 1. The van der Waals surface area contributed by atoms with Crippen LogP contribution in [0.25, 0.3) is 33.4 Å². The standard InChI is InChI=1S/C34H26O2.C13H12.CH3N/c1-34(2)27-16-7-6-14-26(27)31-28(34)18-19-30-33(31)36-29-17-9-15-25(32(29)35-30)24-13-8-12-23(21-24)20-22-10-4-3-5-11-22;1-11-7-9-13(10-8-11)12-5-3-2-4-6-12;1-2/h3-19,21H,20H2,1-2H3;2-10H,1H3;2H,1H2. The number of ether oxygens (including phenoxy) is 2. The second kappa shape index (κ2) is 14.3. The monoisotopic (exact) mass is 663 g/mol. The van der Waals surface area contributed by atoms with Gasteiger partial charge in [0.25, 0.3) is 0 Å². The third kappa shape index (κ3) is 6.59. The average Bonchev–Trinajstić information content (AvgIpc) is 3.42. The van der Waals surface area contributed by atoms with Crippen LogP contribution in [0.1, 0.15) is 41.7 Å². The molecule has 0 saturated carbocycles. The molecule has 7 aromatic rings. The Labute approximate surface area is 301 Å². The van der Waals surface area contributed by atoms with Crippen molar-refractivity contribution in [2.75, 3.05) is 0 Å². The molecule has 0 saturated heterocycles. The van der Waals surface area contributed by atoms with Crippen molar-refractivity contribution in [3.63, 3.8) is 0 Å². The summed E-state index contributed by atoms with van der Waals surface area (Å²) in [5.74, 6) is 3.10. The smallest absolute Gasteiger partial charge is 0.178 e. The predicted molar refractivity (Wildman–Crippen MR) is 212 cm³/mol. The summed E-state index contributed by atoms with van der Waals surface area (Å²) in [5.41, 5.74) is 13.5. The van der Waals surface area contributed by atoms with E-state index in [4.69, 9.17) is 14.9 Å². The Hall–Kier alpha value is -6.19. The SMILES string of the molecule is C=N.CC1(C)c2ccccc2-c2c1ccc1c2Oc2cccc(-c3cccc(Cc4ccccc4)c3)c2O1.Cc1ccc(-c2ccccc2)cc1. The second-order valence-electron chi connectivity index (χ2n) is 13.4. The number of aryl methyl sites for hydroxylation is 1. The van der Waals surface area contributed by atoms with Gasteiger partial charge in [0.2, 0.25) is 0 Å². The number of fused-ring (bicyclic) bond motifs is 6. The zero-order valence-corrected chi connectivity index (χ0v) is 29.3. The lowest BCUT2D eigenvalue weighted by atomic mass is 9.82. The van der Waals surface area contributed by atoms with Gasteiger partial charge in [0.1, 0.15) is 0 Å². The molecule has 0 amide bonds. The van der Waals surface area contributed by atoms with Crippen LogP contribution in [0.15, 0.2) is 164 Å². The molecule has 3 heteroatoms. The van der Waals surface area contributed by atoms with Gasteiger partial charge in [0, 0.05) is 16.5 Å². The van der Waals surface area contributed by atoms with Gasteiger partial charge >= 0.3 is 0 Å². The molecule has 0 spiro atoms. The molecule has 250 valence electrons. The lowest BCUT2D eigenvalue weighted by Crippen LogP contribution is -2.15. The van der Waals surface area contributed by atoms with E-state index in [2.05, 4.69) is 173 Å². The molecular weight excluding hydrogens is 623 g/mol. The molecule has 0 unspecified atom stereocenters. The van der Waals surface area contributed by atoms with Crippen molar-refractivity contribution in [2.45, 2.75) is 32.6 Å². The third-order valence-corrected chi connectivity index (χ3v) is 9.72. The maximum Gasteiger partial charge on any atom is 0.178 e. The molecule has 1 aliphatic heterocycles. The number of benzene rings is 7. The first-order valence-corrected chi connectivity index (χ1v) is 17.3. The van der Waals surface area contributed by atoms with E-state index in [1.807, 2.05) is 18.2 Å². The molecule has 51 heavy (non-hydrogen) atoms. The lowest BCUT2D eigenvalue weighted by Gasteiger charge is -2.26. The van der Waals surface area contributed by atoms with Crippen molar-refractivity contribution in [3.05, 3.63) is 192 Å². The molecule has 0 aromatic heterocycles. The normalized spacial score (nSPS) is 12.5. The fourth-order valence-corrected chi connectivity index (χ4v) is 7.13. The van der Waals surface area contributed by atoms with E-state index in [0.29, 0.717) is 0 Å². The van der Waals surface area contributed by atoms with Crippen LogP contribution < -0.4 is 9.47 Å². The van der Waals surface area contributed by atoms with Crippen LogP contribution >= 0.6 is 0 Å². The minimum absolute atomic E-state index is 0.0777. The lowest BCUT2D eigenvalue weighted by molar-refractivity contribution is 0.361. The maximum atomic E-state index is 6.63. The zero-order chi connectivity index (χ0) is 35.4. The molecule has 1 aliphatic carbocycles. The summed E-state index contributed by atoms with van der Waals surface area (Å²) in [7, 11) is 0. The first kappa shape index (κ1) is 33.3. The highest BCUT2D eigenvalue weighted by molar-refractivity contribution is 5.88. The first-order valence-electron chi connectivity index (χ1n) is 17.3. The van der Waals surface area contributed by atoms with Gasteiger partial charge in [-0.3, -0.25) is 0 Å². The molecule has 2 aliphatic rings. The van der Waals surface area contributed by atoms with E-state index < -0.39 is 0 Å². The van der Waals surface area contributed by atoms with E-state index in [1.165, 1.54) is 44.5 Å². The number of nitrogens with one attached hydrogen (secondary N) is 1. The summed E-state index contributed by atoms with van der Waals surface area (Å²) in [5, 5.41) is 5.50. The van der Waals surface area contributed by atoms with Gasteiger partial charge in [-0.05, 0) is 76.7 Å². The Balaban J connectivity index is 0.000000227. The topological polar surface area (TPSA) is 42.3 Å². The van der Waals surface area contributed by atoms with Gasteiger partial charge in [-0.15, -0.1) is 0 Å². The second-order valence-corrected chi connectivity index (χ2v) is 13.4. The molecule has 0 atom stereocenters. The van der Waals surface area contributed by atoms with E-state index in [9.17, 15) is 0 Å². The van der Waals surface area contributed by atoms with Crippen LogP contribution in [-0.2, 0) is 11.8 Å². The van der Waals surface area contributed by atoms with Gasteiger partial charge in [-0.1, -0.05) is 171 Å². The van der Waals surface area contributed by atoms with Crippen LogP contribution in [0, 0.1) is 12.3 Å². The summed E-state index contributed by atoms with van der Waals surface area (Å²) >= 11 is 0. The Morgan fingerprint density at radius 3 is 1.82 bits per heavy atom. The van der Waals surface area contributed by atoms with Crippen molar-refractivity contribution < 1.29 is 9.47 Å². The highest BCUT2D eigenvalue weighted by Gasteiger charge is 2.39. The highest BCUT2D eigenvalue weighted by atomic mass is 16.6. The van der Waals surface area contributed by atoms with Crippen molar-refractivity contribution in [1.82, 2.24) is 0 Å². The molecule has 0 bridgehead atoms. The van der Waals surface area contributed by atoms with Gasteiger partial charge in [0.05, 0.1) is 0 Å². The maximum absolute atomic E-state index is 6.63. The third-order valence-electron chi connectivity index (χ3n) is 9.72. The summed E-state index contributed by atoms with van der Waals surface area (Å²) in [4.78, 5) is 0. The molecular formula is C48H41NO2. The first-order chi connectivity index (χ1) is 25.0. The summed E-state index contributed by atoms with van der Waals surface area (Å²) < 4.78 is 13.2. The fraction of sp³-hybridized carbons (Fsp3) is 0.104. The van der Waals surface area contributed by atoms with Crippen molar-refractivity contribution >= 4 is 6.72 Å². The molecule has 7 aromatic carbocycles. The largest absolute Gasteiger partial charge is 0.449 e. The van der Waals surface area contributed by atoms with Crippen LogP contribution in [0.2, 0.25) is 0 Å². The Morgan fingerprint density at radius 1 is 0.490 bits per heavy atom. The number of hydrogen-bond acceptors (Lipinski definition) is 3. The van der Waals surface area contributed by atoms with Gasteiger partial charge in [0.15, 0.2) is 23.0 Å². The predicted octanol–water partition coefficient (Wildman–Crippen LogP) is 13.1. The average molecular weight is 664 g/mol. The summed E-state index contributed by atoms with van der Waals surface area (Å²) in [6, 6.07) is 57.3. The Morgan fingerprint density at radius 2 is 1.06 bits per heavy atom. The molecule has 9 rings (SSSR count). The fourth-order valence-electron chi connectivity index (χ4n) is 7.13. The summed E-state index contributed by atoms with van der Waals surface area (Å²) in [6.07, 6.45) is 0.894. The number of hydrogen-bond donors (Lipinski definition) is 1. The van der Waals surface area contributed by atoms with E-state index in [0.717, 1.165) is 46.1 Å². The highest BCUT2D eigenvalue weighted by Crippen LogP contribution is 2.59. The van der Waals surface area contributed by atoms with Crippen LogP contribution in [-0.4, -0.2) is 6.72 Å². The molecule has 0 radical (unpaired) electrons. The van der Waals surface area contributed by atoms with E-state index in [1.54, 1.807) is 0 Å². The van der Waals surface area contributed by atoms with Crippen LogP contribution in [0.3, 0.4) is 0 Å². The van der Waals surface area contributed by atoms with Gasteiger partial charge in [-0.25, -0.2) is 0 Å². The molecule has 1 heterocycles.